The lowest BCUT2D eigenvalue weighted by Crippen LogP contribution is -2.47. The van der Waals surface area contributed by atoms with E-state index in [1.807, 2.05) is 0 Å². The first-order valence-electron chi connectivity index (χ1n) is 8.80. The smallest absolute Gasteiger partial charge is 0.329 e. The minimum absolute atomic E-state index is 0.0192. The molecule has 0 bridgehead atoms. The van der Waals surface area contributed by atoms with Crippen LogP contribution < -0.4 is 16.0 Å². The molecule has 7 nitrogen and oxygen atoms in total. The largest absolute Gasteiger partial charge is 0.454 e. The second-order valence-electron chi connectivity index (χ2n) is 6.47. The van der Waals surface area contributed by atoms with Crippen molar-refractivity contribution in [3.8, 4) is 0 Å². The average Bonchev–Trinajstić information content (AvgIpc) is 2.67. The Kier molecular flexibility index (Phi) is 7.64. The van der Waals surface area contributed by atoms with Crippen LogP contribution in [0.2, 0.25) is 0 Å². The molecule has 0 spiro atoms. The summed E-state index contributed by atoms with van der Waals surface area (Å²) in [6.45, 7) is 2.76. The number of rotatable bonds is 7. The van der Waals surface area contributed by atoms with Crippen molar-refractivity contribution in [2.45, 2.75) is 19.9 Å². The van der Waals surface area contributed by atoms with Gasteiger partial charge in [0.05, 0.1) is 0 Å². The predicted molar refractivity (Wildman–Crippen MR) is 103 cm³/mol. The normalized spacial score (nSPS) is 11.5. The maximum atomic E-state index is 13.2. The summed E-state index contributed by atoms with van der Waals surface area (Å²) in [5, 5.41) is 7.37. The zero-order chi connectivity index (χ0) is 21.4. The van der Waals surface area contributed by atoms with E-state index in [1.54, 1.807) is 44.2 Å². The molecule has 3 amide bonds. The fraction of sp³-hybridized carbons (Fsp3) is 0.250. The van der Waals surface area contributed by atoms with Gasteiger partial charge in [-0.15, -0.1) is 0 Å². The van der Waals surface area contributed by atoms with Crippen molar-refractivity contribution in [2.24, 2.45) is 5.92 Å². The molecular formula is C20H21F2N3O4. The molecule has 2 aromatic rings. The Morgan fingerprint density at radius 2 is 1.62 bits per heavy atom. The predicted octanol–water partition coefficient (Wildman–Crippen LogP) is 3.29. The van der Waals surface area contributed by atoms with Gasteiger partial charge in [0, 0.05) is 17.4 Å². The van der Waals surface area contributed by atoms with Crippen LogP contribution in [0.3, 0.4) is 0 Å². The van der Waals surface area contributed by atoms with Crippen LogP contribution in [0.25, 0.3) is 0 Å². The van der Waals surface area contributed by atoms with Crippen molar-refractivity contribution >= 4 is 29.3 Å². The molecule has 0 aromatic heterocycles. The van der Waals surface area contributed by atoms with Crippen molar-refractivity contribution < 1.29 is 27.9 Å². The van der Waals surface area contributed by atoms with Gasteiger partial charge >= 0.3 is 12.0 Å². The van der Waals surface area contributed by atoms with E-state index in [1.165, 1.54) is 6.07 Å². The van der Waals surface area contributed by atoms with E-state index in [4.69, 9.17) is 4.74 Å². The second kappa shape index (κ2) is 10.2. The highest BCUT2D eigenvalue weighted by molar-refractivity contribution is 5.95. The van der Waals surface area contributed by atoms with E-state index in [2.05, 4.69) is 16.0 Å². The third-order valence-electron chi connectivity index (χ3n) is 3.79. The summed E-state index contributed by atoms with van der Waals surface area (Å²) < 4.78 is 31.0. The molecule has 2 aromatic carbocycles. The summed E-state index contributed by atoms with van der Waals surface area (Å²) in [6, 6.07) is 9.91. The van der Waals surface area contributed by atoms with Gasteiger partial charge in [-0.3, -0.25) is 4.79 Å². The van der Waals surface area contributed by atoms with Gasteiger partial charge in [0.2, 0.25) is 0 Å². The summed E-state index contributed by atoms with van der Waals surface area (Å²) in [5.74, 6) is -4.01. The molecule has 2 rings (SSSR count). The van der Waals surface area contributed by atoms with Gasteiger partial charge in [-0.05, 0) is 30.2 Å². The van der Waals surface area contributed by atoms with E-state index < -0.39 is 42.2 Å². The van der Waals surface area contributed by atoms with E-state index >= 15 is 0 Å². The SMILES string of the molecule is CC(C)[C@@H](NC(=O)Nc1ccccc1)C(=O)OCC(=O)Nc1ccc(F)c(F)c1. The van der Waals surface area contributed by atoms with Crippen molar-refractivity contribution in [1.82, 2.24) is 5.32 Å². The highest BCUT2D eigenvalue weighted by Gasteiger charge is 2.26. The standard InChI is InChI=1S/C20H21F2N3O4/c1-12(2)18(25-20(28)24-13-6-4-3-5-7-13)19(27)29-11-17(26)23-14-8-9-15(21)16(22)10-14/h3-10,12,18H,11H2,1-2H3,(H,23,26)(H2,24,25,28)/t18-/m1/s1. The Morgan fingerprint density at radius 3 is 2.24 bits per heavy atom. The van der Waals surface area contributed by atoms with Crippen LogP contribution >= 0.6 is 0 Å². The van der Waals surface area contributed by atoms with Crippen LogP contribution in [-0.4, -0.2) is 30.6 Å². The Labute approximate surface area is 166 Å². The van der Waals surface area contributed by atoms with Gasteiger partial charge in [-0.1, -0.05) is 32.0 Å². The van der Waals surface area contributed by atoms with Gasteiger partial charge in [-0.25, -0.2) is 18.4 Å². The highest BCUT2D eigenvalue weighted by Crippen LogP contribution is 2.13. The number of hydrogen-bond acceptors (Lipinski definition) is 4. The number of halogens is 2. The van der Waals surface area contributed by atoms with Crippen LogP contribution in [0, 0.1) is 17.6 Å². The molecule has 1 atom stereocenters. The number of esters is 1. The first-order valence-corrected chi connectivity index (χ1v) is 8.80. The van der Waals surface area contributed by atoms with Crippen LogP contribution in [0.15, 0.2) is 48.5 Å². The zero-order valence-electron chi connectivity index (χ0n) is 15.9. The van der Waals surface area contributed by atoms with Crippen LogP contribution in [0.4, 0.5) is 25.0 Å². The number of nitrogens with one attached hydrogen (secondary N) is 3. The molecule has 0 radical (unpaired) electrons. The lowest BCUT2D eigenvalue weighted by atomic mass is 10.1. The molecule has 0 fully saturated rings. The van der Waals surface area contributed by atoms with Gasteiger partial charge < -0.3 is 20.7 Å². The third kappa shape index (κ3) is 6.87. The molecule has 0 aliphatic carbocycles. The van der Waals surface area contributed by atoms with Crippen molar-refractivity contribution in [1.29, 1.82) is 0 Å². The van der Waals surface area contributed by atoms with Crippen molar-refractivity contribution in [2.75, 3.05) is 17.2 Å². The monoisotopic (exact) mass is 405 g/mol. The molecule has 0 aliphatic heterocycles. The molecule has 0 heterocycles. The molecule has 0 saturated heterocycles. The Hall–Kier alpha value is -3.49. The number of hydrogen-bond donors (Lipinski definition) is 3. The van der Waals surface area contributed by atoms with Crippen molar-refractivity contribution in [3.05, 3.63) is 60.2 Å². The molecule has 29 heavy (non-hydrogen) atoms. The number of para-hydroxylation sites is 1. The summed E-state index contributed by atoms with van der Waals surface area (Å²) in [4.78, 5) is 36.2. The number of carbonyl (C=O) groups is 3. The molecule has 0 aliphatic rings. The lowest BCUT2D eigenvalue weighted by Gasteiger charge is -2.21. The van der Waals surface area contributed by atoms with E-state index in [9.17, 15) is 23.2 Å². The summed E-state index contributed by atoms with van der Waals surface area (Å²) in [7, 11) is 0. The Morgan fingerprint density at radius 1 is 0.931 bits per heavy atom. The van der Waals surface area contributed by atoms with Crippen LogP contribution in [0.1, 0.15) is 13.8 Å². The molecule has 0 saturated carbocycles. The van der Waals surface area contributed by atoms with E-state index in [0.717, 1.165) is 12.1 Å². The third-order valence-corrected chi connectivity index (χ3v) is 3.79. The van der Waals surface area contributed by atoms with Gasteiger partial charge in [0.1, 0.15) is 6.04 Å². The lowest BCUT2D eigenvalue weighted by molar-refractivity contribution is -0.150. The molecule has 3 N–H and O–H groups in total. The maximum absolute atomic E-state index is 13.2. The minimum Gasteiger partial charge on any atom is -0.454 e. The van der Waals surface area contributed by atoms with Gasteiger partial charge in [-0.2, -0.15) is 0 Å². The van der Waals surface area contributed by atoms with Crippen molar-refractivity contribution in [3.63, 3.8) is 0 Å². The zero-order valence-corrected chi connectivity index (χ0v) is 15.9. The number of benzene rings is 2. The number of amides is 3. The quantitative estimate of drug-likeness (QED) is 0.616. The molecule has 0 unspecified atom stereocenters. The maximum Gasteiger partial charge on any atom is 0.329 e. The molecule has 154 valence electrons. The number of ether oxygens (including phenoxy) is 1. The second-order valence-corrected chi connectivity index (χ2v) is 6.47. The Bertz CT molecular complexity index is 875. The fourth-order valence-corrected chi connectivity index (χ4v) is 2.33. The van der Waals surface area contributed by atoms with E-state index in [-0.39, 0.29) is 11.6 Å². The number of urea groups is 1. The topological polar surface area (TPSA) is 96.5 Å². The summed E-state index contributed by atoms with van der Waals surface area (Å²) >= 11 is 0. The fourth-order valence-electron chi connectivity index (χ4n) is 2.33. The Balaban J connectivity index is 1.87. The minimum atomic E-state index is -1.12. The van der Waals surface area contributed by atoms with Gasteiger partial charge in [0.15, 0.2) is 18.2 Å². The average molecular weight is 405 g/mol. The number of anilines is 2. The first kappa shape index (κ1) is 21.8. The van der Waals surface area contributed by atoms with Crippen LogP contribution in [0.5, 0.6) is 0 Å². The van der Waals surface area contributed by atoms with Gasteiger partial charge in [0.25, 0.3) is 5.91 Å². The van der Waals surface area contributed by atoms with E-state index in [0.29, 0.717) is 5.69 Å². The highest BCUT2D eigenvalue weighted by atomic mass is 19.2. The van der Waals surface area contributed by atoms with Crippen LogP contribution in [-0.2, 0) is 14.3 Å². The molecular weight excluding hydrogens is 384 g/mol. The molecule has 9 heteroatoms. The first-order chi connectivity index (χ1) is 13.8. The summed E-state index contributed by atoms with van der Waals surface area (Å²) in [6.07, 6.45) is 0. The summed E-state index contributed by atoms with van der Waals surface area (Å²) in [5.41, 5.74) is 0.567. The number of carbonyl (C=O) groups excluding carboxylic acids is 3.